The Morgan fingerprint density at radius 1 is 0.677 bits per heavy atom. The zero-order chi connectivity index (χ0) is 21.5. The summed E-state index contributed by atoms with van der Waals surface area (Å²) >= 11 is 0. The highest BCUT2D eigenvalue weighted by Gasteiger charge is 2.33. The molecule has 2 saturated heterocycles. The summed E-state index contributed by atoms with van der Waals surface area (Å²) in [7, 11) is 0. The van der Waals surface area contributed by atoms with Crippen molar-refractivity contribution in [1.29, 1.82) is 0 Å². The van der Waals surface area contributed by atoms with Crippen molar-refractivity contribution in [3.8, 4) is 0 Å². The van der Waals surface area contributed by atoms with Crippen LogP contribution in [0.2, 0.25) is 0 Å². The van der Waals surface area contributed by atoms with Gasteiger partial charge in [0, 0.05) is 51.4 Å². The first-order valence-corrected chi connectivity index (χ1v) is 12.8. The summed E-state index contributed by atoms with van der Waals surface area (Å²) < 4.78 is 5.38. The van der Waals surface area contributed by atoms with Gasteiger partial charge in [-0.15, -0.1) is 0 Å². The molecule has 2 saturated carbocycles. The number of ether oxygens (including phenoxy) is 1. The van der Waals surface area contributed by atoms with Crippen molar-refractivity contribution in [2.45, 2.75) is 76.3 Å². The fourth-order valence-electron chi connectivity index (χ4n) is 5.90. The van der Waals surface area contributed by atoms with Crippen molar-refractivity contribution < 1.29 is 14.3 Å². The van der Waals surface area contributed by atoms with Crippen LogP contribution in [0.15, 0.2) is 0 Å². The van der Waals surface area contributed by atoms with Gasteiger partial charge in [-0.1, -0.05) is 38.5 Å². The van der Waals surface area contributed by atoms with Crippen molar-refractivity contribution in [3.63, 3.8) is 0 Å². The molecule has 176 valence electrons. The summed E-state index contributed by atoms with van der Waals surface area (Å²) in [6.07, 6.45) is 12.5. The van der Waals surface area contributed by atoms with Crippen molar-refractivity contribution in [2.24, 2.45) is 0 Å². The first-order valence-electron chi connectivity index (χ1n) is 12.8. The number of piperazine rings is 1. The third-order valence-electron chi connectivity index (χ3n) is 7.77. The number of carbonyl (C=O) groups is 2. The highest BCUT2D eigenvalue weighted by molar-refractivity contribution is 5.80. The molecule has 0 unspecified atom stereocenters. The second-order valence-corrected chi connectivity index (χ2v) is 9.93. The number of carbonyl (C=O) groups excluding carboxylic acids is 2. The van der Waals surface area contributed by atoms with E-state index in [9.17, 15) is 9.59 Å². The molecule has 31 heavy (non-hydrogen) atoms. The van der Waals surface area contributed by atoms with Crippen molar-refractivity contribution in [2.75, 3.05) is 65.6 Å². The number of amides is 2. The van der Waals surface area contributed by atoms with Crippen LogP contribution in [0.4, 0.5) is 0 Å². The molecule has 2 heterocycles. The van der Waals surface area contributed by atoms with Crippen LogP contribution >= 0.6 is 0 Å². The highest BCUT2D eigenvalue weighted by atomic mass is 16.5. The molecule has 2 aliphatic heterocycles. The summed E-state index contributed by atoms with van der Waals surface area (Å²) in [4.78, 5) is 34.9. The standard InChI is InChI=1S/C24H42N4O3/c29-23(19-26-15-17-31-18-16-26)27-13-11-25(12-14-27)20-24(30)28(21-7-3-1-4-8-21)22-9-5-2-6-10-22/h21-22H,1-20H2. The molecular weight excluding hydrogens is 392 g/mol. The maximum atomic E-state index is 13.5. The van der Waals surface area contributed by atoms with Crippen LogP contribution < -0.4 is 0 Å². The quantitative estimate of drug-likeness (QED) is 0.640. The molecule has 0 aromatic heterocycles. The number of hydrogen-bond donors (Lipinski definition) is 0. The summed E-state index contributed by atoms with van der Waals surface area (Å²) in [5.74, 6) is 0.561. The van der Waals surface area contributed by atoms with Gasteiger partial charge in [0.15, 0.2) is 0 Å². The van der Waals surface area contributed by atoms with Crippen LogP contribution in [0.3, 0.4) is 0 Å². The molecule has 0 radical (unpaired) electrons. The van der Waals surface area contributed by atoms with E-state index in [1.165, 1.54) is 64.2 Å². The van der Waals surface area contributed by atoms with Gasteiger partial charge in [0.25, 0.3) is 0 Å². The van der Waals surface area contributed by atoms with E-state index in [2.05, 4.69) is 14.7 Å². The number of hydrogen-bond acceptors (Lipinski definition) is 5. The van der Waals surface area contributed by atoms with Gasteiger partial charge in [0.2, 0.25) is 11.8 Å². The average Bonchev–Trinajstić information content (AvgIpc) is 2.82. The average molecular weight is 435 g/mol. The Morgan fingerprint density at radius 2 is 1.19 bits per heavy atom. The molecule has 2 amide bonds. The van der Waals surface area contributed by atoms with Gasteiger partial charge < -0.3 is 14.5 Å². The van der Waals surface area contributed by atoms with E-state index in [0.29, 0.717) is 31.1 Å². The maximum Gasteiger partial charge on any atom is 0.237 e. The molecule has 4 rings (SSSR count). The molecule has 2 aliphatic carbocycles. The van der Waals surface area contributed by atoms with Gasteiger partial charge >= 0.3 is 0 Å². The van der Waals surface area contributed by atoms with Crippen LogP contribution in [0.25, 0.3) is 0 Å². The van der Waals surface area contributed by atoms with Crippen LogP contribution in [0, 0.1) is 0 Å². The fraction of sp³-hybridized carbons (Fsp3) is 0.917. The van der Waals surface area contributed by atoms with E-state index < -0.39 is 0 Å². The van der Waals surface area contributed by atoms with E-state index in [1.54, 1.807) is 0 Å². The first-order chi connectivity index (χ1) is 15.2. The molecule has 0 aromatic carbocycles. The van der Waals surface area contributed by atoms with Gasteiger partial charge in [0.1, 0.15) is 0 Å². The molecule has 0 bridgehead atoms. The first kappa shape index (κ1) is 23.0. The van der Waals surface area contributed by atoms with E-state index in [-0.39, 0.29) is 5.91 Å². The minimum absolute atomic E-state index is 0.221. The van der Waals surface area contributed by atoms with Crippen LogP contribution in [0.1, 0.15) is 64.2 Å². The second-order valence-electron chi connectivity index (χ2n) is 9.93. The summed E-state index contributed by atoms with van der Waals surface area (Å²) in [5, 5.41) is 0. The maximum absolute atomic E-state index is 13.5. The predicted octanol–water partition coefficient (Wildman–Crippen LogP) is 1.96. The Morgan fingerprint density at radius 3 is 1.74 bits per heavy atom. The molecular formula is C24H42N4O3. The monoisotopic (exact) mass is 434 g/mol. The third-order valence-corrected chi connectivity index (χ3v) is 7.77. The normalized spacial score (nSPS) is 25.5. The highest BCUT2D eigenvalue weighted by Crippen LogP contribution is 2.30. The van der Waals surface area contributed by atoms with E-state index in [0.717, 1.165) is 52.5 Å². The summed E-state index contributed by atoms with van der Waals surface area (Å²) in [6.45, 7) is 7.26. The van der Waals surface area contributed by atoms with Crippen molar-refractivity contribution in [3.05, 3.63) is 0 Å². The predicted molar refractivity (Wildman–Crippen MR) is 121 cm³/mol. The minimum atomic E-state index is 0.221. The zero-order valence-corrected chi connectivity index (χ0v) is 19.3. The fourth-order valence-corrected chi connectivity index (χ4v) is 5.90. The van der Waals surface area contributed by atoms with Crippen LogP contribution in [-0.2, 0) is 14.3 Å². The van der Waals surface area contributed by atoms with Crippen molar-refractivity contribution >= 4 is 11.8 Å². The minimum Gasteiger partial charge on any atom is -0.379 e. The van der Waals surface area contributed by atoms with Crippen LogP contribution in [-0.4, -0.2) is 109 Å². The number of morpholine rings is 1. The van der Waals surface area contributed by atoms with Gasteiger partial charge in [0.05, 0.1) is 26.3 Å². The molecule has 0 spiro atoms. The molecule has 7 nitrogen and oxygen atoms in total. The Labute approximate surface area is 188 Å². The number of nitrogens with zero attached hydrogens (tertiary/aromatic N) is 4. The lowest BCUT2D eigenvalue weighted by molar-refractivity contribution is -0.140. The van der Waals surface area contributed by atoms with E-state index >= 15 is 0 Å². The van der Waals surface area contributed by atoms with E-state index in [4.69, 9.17) is 4.74 Å². The molecule has 4 aliphatic rings. The summed E-state index contributed by atoms with van der Waals surface area (Å²) in [6, 6.07) is 0.918. The second kappa shape index (κ2) is 11.6. The Balaban J connectivity index is 1.26. The lowest BCUT2D eigenvalue weighted by Gasteiger charge is -2.43. The van der Waals surface area contributed by atoms with Gasteiger partial charge in [-0.2, -0.15) is 0 Å². The van der Waals surface area contributed by atoms with E-state index in [1.807, 2.05) is 4.90 Å². The van der Waals surface area contributed by atoms with Crippen LogP contribution in [0.5, 0.6) is 0 Å². The van der Waals surface area contributed by atoms with Crippen molar-refractivity contribution in [1.82, 2.24) is 19.6 Å². The lowest BCUT2D eigenvalue weighted by Crippen LogP contribution is -2.56. The SMILES string of the molecule is O=C(CN1CCOCC1)N1CCN(CC(=O)N(C2CCCCC2)C2CCCCC2)CC1. The topological polar surface area (TPSA) is 56.3 Å². The molecule has 0 atom stereocenters. The molecule has 7 heteroatoms. The Bertz CT molecular complexity index is 557. The molecule has 0 N–H and O–H groups in total. The van der Waals surface area contributed by atoms with Gasteiger partial charge in [-0.3, -0.25) is 19.4 Å². The Hall–Kier alpha value is -1.18. The number of rotatable bonds is 6. The zero-order valence-electron chi connectivity index (χ0n) is 19.3. The Kier molecular flexibility index (Phi) is 8.62. The molecule has 4 fully saturated rings. The smallest absolute Gasteiger partial charge is 0.237 e. The van der Waals surface area contributed by atoms with Gasteiger partial charge in [-0.25, -0.2) is 0 Å². The van der Waals surface area contributed by atoms with Gasteiger partial charge in [-0.05, 0) is 25.7 Å². The summed E-state index contributed by atoms with van der Waals surface area (Å²) in [5.41, 5.74) is 0. The largest absolute Gasteiger partial charge is 0.379 e. The lowest BCUT2D eigenvalue weighted by atomic mass is 9.88. The molecule has 0 aromatic rings. The third kappa shape index (κ3) is 6.42.